The van der Waals surface area contributed by atoms with Gasteiger partial charge in [-0.15, -0.1) is 0 Å². The van der Waals surface area contributed by atoms with E-state index in [0.717, 1.165) is 6.08 Å². The van der Waals surface area contributed by atoms with Crippen molar-refractivity contribution in [3.05, 3.63) is 28.8 Å². The lowest BCUT2D eigenvalue weighted by atomic mass is 10.1. The number of hydrogen-bond donors (Lipinski definition) is 2. The Morgan fingerprint density at radius 3 is 2.35 bits per heavy atom. The summed E-state index contributed by atoms with van der Waals surface area (Å²) >= 11 is 6.09. The SMILES string of the molecule is COc1cc(/C=C/C(=O)O[C@H](C(=O)NC(N)=O)C(C)C)cc(Cl)c1OC. The average molecular weight is 385 g/mol. The van der Waals surface area contributed by atoms with Crippen molar-refractivity contribution in [2.45, 2.75) is 20.0 Å². The van der Waals surface area contributed by atoms with Crippen LogP contribution in [-0.2, 0) is 14.3 Å². The van der Waals surface area contributed by atoms with Crippen molar-refractivity contribution >= 4 is 35.6 Å². The van der Waals surface area contributed by atoms with E-state index in [2.05, 4.69) is 0 Å². The van der Waals surface area contributed by atoms with E-state index in [9.17, 15) is 14.4 Å². The van der Waals surface area contributed by atoms with Crippen LogP contribution in [0.1, 0.15) is 19.4 Å². The molecule has 0 aliphatic heterocycles. The molecule has 0 aromatic heterocycles. The number of nitrogens with one attached hydrogen (secondary N) is 1. The predicted octanol–water partition coefficient (Wildman–Crippen LogP) is 2.13. The number of urea groups is 1. The van der Waals surface area contributed by atoms with Crippen molar-refractivity contribution in [3.63, 3.8) is 0 Å². The third-order valence-electron chi connectivity index (χ3n) is 3.22. The Kier molecular flexibility index (Phi) is 7.92. The van der Waals surface area contributed by atoms with Gasteiger partial charge in [0.2, 0.25) is 0 Å². The normalized spacial score (nSPS) is 11.9. The number of hydrogen-bond acceptors (Lipinski definition) is 6. The Balaban J connectivity index is 2.90. The predicted molar refractivity (Wildman–Crippen MR) is 96.0 cm³/mol. The summed E-state index contributed by atoms with van der Waals surface area (Å²) in [6, 6.07) is 2.17. The molecule has 0 spiro atoms. The summed E-state index contributed by atoms with van der Waals surface area (Å²) in [6.07, 6.45) is 1.41. The Labute approximate surface area is 156 Å². The number of benzene rings is 1. The molecule has 0 saturated heterocycles. The van der Waals surface area contributed by atoms with Crippen molar-refractivity contribution in [2.24, 2.45) is 11.7 Å². The molecular weight excluding hydrogens is 364 g/mol. The number of amides is 3. The molecule has 0 heterocycles. The van der Waals surface area contributed by atoms with Crippen molar-refractivity contribution in [3.8, 4) is 11.5 Å². The zero-order valence-electron chi connectivity index (χ0n) is 14.9. The fraction of sp³-hybridized carbons (Fsp3) is 0.353. The molecule has 26 heavy (non-hydrogen) atoms. The molecular formula is C17H21ClN2O6. The van der Waals surface area contributed by atoms with Gasteiger partial charge in [0.1, 0.15) is 0 Å². The number of halogens is 1. The minimum Gasteiger partial charge on any atom is -0.493 e. The second-order valence-corrected chi connectivity index (χ2v) is 5.93. The Hall–Kier alpha value is -2.74. The van der Waals surface area contributed by atoms with Gasteiger partial charge < -0.3 is 19.9 Å². The number of esters is 1. The van der Waals surface area contributed by atoms with Crippen molar-refractivity contribution in [1.29, 1.82) is 0 Å². The molecule has 1 rings (SSSR count). The summed E-state index contributed by atoms with van der Waals surface area (Å²) in [5.41, 5.74) is 5.46. The van der Waals surface area contributed by atoms with E-state index in [4.69, 9.17) is 31.5 Å². The van der Waals surface area contributed by atoms with Crippen LogP contribution < -0.4 is 20.5 Å². The molecule has 0 aliphatic rings. The van der Waals surface area contributed by atoms with Gasteiger partial charge in [-0.2, -0.15) is 0 Å². The standard InChI is InChI=1S/C17H21ClN2O6/c1-9(2)14(16(22)20-17(19)23)26-13(21)6-5-10-7-11(18)15(25-4)12(8-10)24-3/h5-9,14H,1-4H3,(H3,19,20,22,23)/b6-5+/t14-/m0/s1. The molecule has 1 aromatic rings. The second kappa shape index (κ2) is 9.67. The Bertz CT molecular complexity index is 717. The first-order chi connectivity index (χ1) is 12.2. The average Bonchev–Trinajstić information content (AvgIpc) is 2.56. The summed E-state index contributed by atoms with van der Waals surface area (Å²) in [4.78, 5) is 34.6. The molecule has 9 heteroatoms. The topological polar surface area (TPSA) is 117 Å². The summed E-state index contributed by atoms with van der Waals surface area (Å²) in [5, 5.41) is 2.20. The number of carbonyl (C=O) groups excluding carboxylic acids is 3. The number of ether oxygens (including phenoxy) is 3. The molecule has 8 nitrogen and oxygen atoms in total. The van der Waals surface area contributed by atoms with Crippen LogP contribution in [0.25, 0.3) is 6.08 Å². The van der Waals surface area contributed by atoms with E-state index in [1.807, 2.05) is 5.32 Å². The second-order valence-electron chi connectivity index (χ2n) is 5.53. The molecule has 0 unspecified atom stereocenters. The maximum absolute atomic E-state index is 12.0. The number of methoxy groups -OCH3 is 2. The van der Waals surface area contributed by atoms with Crippen LogP contribution in [0, 0.1) is 5.92 Å². The first-order valence-corrected chi connectivity index (χ1v) is 7.97. The zero-order chi connectivity index (χ0) is 19.9. The summed E-state index contributed by atoms with van der Waals surface area (Å²) in [7, 11) is 2.92. The van der Waals surface area contributed by atoms with E-state index in [1.165, 1.54) is 20.3 Å². The van der Waals surface area contributed by atoms with Gasteiger partial charge in [-0.3, -0.25) is 10.1 Å². The maximum Gasteiger partial charge on any atom is 0.331 e. The van der Waals surface area contributed by atoms with Gasteiger partial charge >= 0.3 is 12.0 Å². The highest BCUT2D eigenvalue weighted by molar-refractivity contribution is 6.32. The van der Waals surface area contributed by atoms with Crippen molar-refractivity contribution < 1.29 is 28.6 Å². The highest BCUT2D eigenvalue weighted by atomic mass is 35.5. The van der Waals surface area contributed by atoms with Gasteiger partial charge in [0.25, 0.3) is 5.91 Å². The first-order valence-electron chi connectivity index (χ1n) is 7.60. The van der Waals surface area contributed by atoms with Gasteiger partial charge in [-0.1, -0.05) is 25.4 Å². The lowest BCUT2D eigenvalue weighted by Gasteiger charge is -2.18. The monoisotopic (exact) mass is 384 g/mol. The minimum absolute atomic E-state index is 0.306. The van der Waals surface area contributed by atoms with Crippen molar-refractivity contribution in [2.75, 3.05) is 14.2 Å². The third-order valence-corrected chi connectivity index (χ3v) is 3.50. The summed E-state index contributed by atoms with van der Waals surface area (Å²) in [5.74, 6) is -1.15. The van der Waals surface area contributed by atoms with E-state index in [-0.39, 0.29) is 5.92 Å². The Morgan fingerprint density at radius 2 is 1.85 bits per heavy atom. The number of rotatable bonds is 7. The van der Waals surface area contributed by atoms with E-state index in [1.54, 1.807) is 26.0 Å². The molecule has 142 valence electrons. The molecule has 1 atom stereocenters. The highest BCUT2D eigenvalue weighted by Crippen LogP contribution is 2.36. The van der Waals surface area contributed by atoms with Crippen LogP contribution in [0.15, 0.2) is 18.2 Å². The van der Waals surface area contributed by atoms with Crippen LogP contribution in [0.4, 0.5) is 4.79 Å². The van der Waals surface area contributed by atoms with Crippen LogP contribution in [-0.4, -0.2) is 38.2 Å². The lowest BCUT2D eigenvalue weighted by Crippen LogP contribution is -2.45. The molecule has 0 radical (unpaired) electrons. The summed E-state index contributed by atoms with van der Waals surface area (Å²) < 4.78 is 15.4. The minimum atomic E-state index is -1.16. The Morgan fingerprint density at radius 1 is 1.19 bits per heavy atom. The molecule has 3 N–H and O–H groups in total. The van der Waals surface area contributed by atoms with Gasteiger partial charge in [0.15, 0.2) is 17.6 Å². The van der Waals surface area contributed by atoms with E-state index in [0.29, 0.717) is 22.1 Å². The fourth-order valence-corrected chi connectivity index (χ4v) is 2.34. The van der Waals surface area contributed by atoms with E-state index < -0.39 is 24.0 Å². The molecule has 0 saturated carbocycles. The van der Waals surface area contributed by atoms with Gasteiger partial charge in [0, 0.05) is 6.08 Å². The van der Waals surface area contributed by atoms with Crippen LogP contribution in [0.5, 0.6) is 11.5 Å². The van der Waals surface area contributed by atoms with E-state index >= 15 is 0 Å². The third kappa shape index (κ3) is 5.96. The molecule has 0 aliphatic carbocycles. The number of carbonyl (C=O) groups is 3. The molecule has 0 fully saturated rings. The van der Waals surface area contributed by atoms with Crippen LogP contribution in [0.2, 0.25) is 5.02 Å². The number of imide groups is 1. The van der Waals surface area contributed by atoms with Crippen LogP contribution in [0.3, 0.4) is 0 Å². The molecule has 3 amide bonds. The molecule has 0 bridgehead atoms. The van der Waals surface area contributed by atoms with Gasteiger partial charge in [-0.05, 0) is 29.7 Å². The number of primary amides is 1. The zero-order valence-corrected chi connectivity index (χ0v) is 15.6. The highest BCUT2D eigenvalue weighted by Gasteiger charge is 2.26. The largest absolute Gasteiger partial charge is 0.493 e. The van der Waals surface area contributed by atoms with Gasteiger partial charge in [0.05, 0.1) is 19.2 Å². The lowest BCUT2D eigenvalue weighted by molar-refractivity contribution is -0.153. The quantitative estimate of drug-likeness (QED) is 0.549. The first kappa shape index (κ1) is 21.3. The maximum atomic E-state index is 12.0. The fourth-order valence-electron chi connectivity index (χ4n) is 2.05. The number of nitrogens with two attached hydrogens (primary N) is 1. The van der Waals surface area contributed by atoms with Crippen LogP contribution >= 0.6 is 11.6 Å². The molecule has 1 aromatic carbocycles. The smallest absolute Gasteiger partial charge is 0.331 e. The van der Waals surface area contributed by atoms with Crippen molar-refractivity contribution in [1.82, 2.24) is 5.32 Å². The summed E-state index contributed by atoms with van der Waals surface area (Å²) in [6.45, 7) is 3.33. The van der Waals surface area contributed by atoms with Gasteiger partial charge in [-0.25, -0.2) is 9.59 Å².